The average Bonchev–Trinajstić information content (AvgIpc) is 2.57. The lowest BCUT2D eigenvalue weighted by atomic mass is 10.2. The largest absolute Gasteiger partial charge is 0.397 e. The Kier molecular flexibility index (Phi) is 2.29. The Labute approximate surface area is 83.4 Å². The summed E-state index contributed by atoms with van der Waals surface area (Å²) in [6.07, 6.45) is 2.29. The molecule has 4 heteroatoms. The lowest BCUT2D eigenvalue weighted by molar-refractivity contribution is 0.198. The number of aryl methyl sites for hydroxylation is 1. The van der Waals surface area contributed by atoms with Crippen LogP contribution in [0.1, 0.15) is 12.0 Å². The maximum atomic E-state index is 9.39. The molecule has 0 bridgehead atoms. The van der Waals surface area contributed by atoms with Gasteiger partial charge in [0, 0.05) is 13.1 Å². The zero-order valence-electron chi connectivity index (χ0n) is 8.27. The summed E-state index contributed by atoms with van der Waals surface area (Å²) in [5.41, 5.74) is 7.44. The highest BCUT2D eigenvalue weighted by Crippen LogP contribution is 2.21. The number of hydrogen-bond donors (Lipinski definition) is 2. The van der Waals surface area contributed by atoms with Crippen molar-refractivity contribution in [2.75, 3.05) is 23.7 Å². The molecule has 0 aliphatic carbocycles. The minimum Gasteiger partial charge on any atom is -0.397 e. The Balaban J connectivity index is 2.20. The number of β-amino-alcohol motifs (C(OH)–C–C–N with tert-alkyl or cyclic N) is 1. The summed E-state index contributed by atoms with van der Waals surface area (Å²) >= 11 is 0. The molecule has 1 unspecified atom stereocenters. The molecule has 3 N–H and O–H groups in total. The lowest BCUT2D eigenvalue weighted by Crippen LogP contribution is -2.22. The molecular formula is C10H15N3O. The molecule has 76 valence electrons. The summed E-state index contributed by atoms with van der Waals surface area (Å²) in [6, 6.07) is 1.97. The number of nitrogens with zero attached hydrogens (tertiary/aromatic N) is 2. The Hall–Kier alpha value is -1.29. The second kappa shape index (κ2) is 3.46. The second-order valence-corrected chi connectivity index (χ2v) is 3.79. The molecule has 2 heterocycles. The van der Waals surface area contributed by atoms with Gasteiger partial charge in [-0.3, -0.25) is 0 Å². The first-order chi connectivity index (χ1) is 6.66. The fourth-order valence-corrected chi connectivity index (χ4v) is 1.67. The molecule has 0 radical (unpaired) electrons. The summed E-state index contributed by atoms with van der Waals surface area (Å²) in [4.78, 5) is 6.33. The van der Waals surface area contributed by atoms with Gasteiger partial charge >= 0.3 is 0 Å². The van der Waals surface area contributed by atoms with Crippen LogP contribution in [0.2, 0.25) is 0 Å². The highest BCUT2D eigenvalue weighted by atomic mass is 16.3. The van der Waals surface area contributed by atoms with E-state index < -0.39 is 0 Å². The van der Waals surface area contributed by atoms with Gasteiger partial charge in [-0.2, -0.15) is 0 Å². The van der Waals surface area contributed by atoms with E-state index in [0.717, 1.165) is 24.3 Å². The Morgan fingerprint density at radius 3 is 3.00 bits per heavy atom. The number of aromatic nitrogens is 1. The molecule has 1 aliphatic heterocycles. The minimum absolute atomic E-state index is 0.213. The number of rotatable bonds is 1. The first-order valence-electron chi connectivity index (χ1n) is 4.82. The van der Waals surface area contributed by atoms with Gasteiger partial charge in [0.25, 0.3) is 0 Å². The fraction of sp³-hybridized carbons (Fsp3) is 0.500. The number of aliphatic hydroxyl groups is 1. The van der Waals surface area contributed by atoms with Gasteiger partial charge in [-0.25, -0.2) is 4.98 Å². The molecule has 0 spiro atoms. The van der Waals surface area contributed by atoms with Crippen LogP contribution in [0.15, 0.2) is 12.3 Å². The third kappa shape index (κ3) is 1.65. The third-order valence-electron chi connectivity index (χ3n) is 2.62. The van der Waals surface area contributed by atoms with Crippen molar-refractivity contribution in [1.82, 2.24) is 4.98 Å². The summed E-state index contributed by atoms with van der Waals surface area (Å²) in [6.45, 7) is 3.51. The molecular weight excluding hydrogens is 178 g/mol. The highest BCUT2D eigenvalue weighted by molar-refractivity contribution is 5.52. The fourth-order valence-electron chi connectivity index (χ4n) is 1.67. The summed E-state index contributed by atoms with van der Waals surface area (Å²) in [5, 5.41) is 9.39. The molecule has 2 rings (SSSR count). The van der Waals surface area contributed by atoms with Crippen LogP contribution in [0.4, 0.5) is 11.5 Å². The van der Waals surface area contributed by atoms with Crippen LogP contribution in [0.25, 0.3) is 0 Å². The zero-order valence-corrected chi connectivity index (χ0v) is 8.27. The average molecular weight is 193 g/mol. The van der Waals surface area contributed by atoms with Crippen molar-refractivity contribution < 1.29 is 5.11 Å². The number of anilines is 2. The molecule has 1 saturated heterocycles. The standard InChI is InChI=1S/C10H15N3O/c1-7-4-10(12-5-9(7)11)13-3-2-8(14)6-13/h4-5,8,14H,2-3,6,11H2,1H3. The molecule has 14 heavy (non-hydrogen) atoms. The van der Waals surface area contributed by atoms with E-state index in [4.69, 9.17) is 5.73 Å². The van der Waals surface area contributed by atoms with Crippen LogP contribution in [-0.2, 0) is 0 Å². The third-order valence-corrected chi connectivity index (χ3v) is 2.62. The lowest BCUT2D eigenvalue weighted by Gasteiger charge is -2.17. The monoisotopic (exact) mass is 193 g/mol. The van der Waals surface area contributed by atoms with Gasteiger partial charge in [0.05, 0.1) is 18.0 Å². The molecule has 4 nitrogen and oxygen atoms in total. The van der Waals surface area contributed by atoms with E-state index in [2.05, 4.69) is 9.88 Å². The van der Waals surface area contributed by atoms with Crippen molar-refractivity contribution >= 4 is 11.5 Å². The van der Waals surface area contributed by atoms with Gasteiger partial charge in [-0.15, -0.1) is 0 Å². The van der Waals surface area contributed by atoms with Gasteiger partial charge in [-0.1, -0.05) is 0 Å². The Bertz CT molecular complexity index is 340. The van der Waals surface area contributed by atoms with Crippen molar-refractivity contribution in [3.8, 4) is 0 Å². The first-order valence-corrected chi connectivity index (χ1v) is 4.82. The van der Waals surface area contributed by atoms with Crippen LogP contribution in [-0.4, -0.2) is 29.3 Å². The number of aliphatic hydroxyl groups excluding tert-OH is 1. The quantitative estimate of drug-likeness (QED) is 0.683. The van der Waals surface area contributed by atoms with E-state index in [0.29, 0.717) is 12.2 Å². The predicted octanol–water partition coefficient (Wildman–Crippen LogP) is 0.543. The van der Waals surface area contributed by atoms with E-state index >= 15 is 0 Å². The number of pyridine rings is 1. The first kappa shape index (κ1) is 9.27. The Morgan fingerprint density at radius 2 is 2.43 bits per heavy atom. The van der Waals surface area contributed by atoms with Crippen molar-refractivity contribution in [2.45, 2.75) is 19.4 Å². The maximum Gasteiger partial charge on any atom is 0.128 e. The number of nitrogens with two attached hydrogens (primary N) is 1. The van der Waals surface area contributed by atoms with E-state index in [-0.39, 0.29) is 6.10 Å². The molecule has 0 aromatic carbocycles. The molecule has 1 aromatic heterocycles. The Morgan fingerprint density at radius 1 is 1.64 bits per heavy atom. The SMILES string of the molecule is Cc1cc(N2CCC(O)C2)ncc1N. The van der Waals surface area contributed by atoms with Gasteiger partial charge in [0.2, 0.25) is 0 Å². The van der Waals surface area contributed by atoms with Crippen LogP contribution >= 0.6 is 0 Å². The number of nitrogen functional groups attached to an aromatic ring is 1. The topological polar surface area (TPSA) is 62.4 Å². The van der Waals surface area contributed by atoms with Crippen LogP contribution in [0, 0.1) is 6.92 Å². The molecule has 1 aromatic rings. The molecule has 0 amide bonds. The smallest absolute Gasteiger partial charge is 0.128 e. The zero-order chi connectivity index (χ0) is 10.1. The molecule has 1 atom stereocenters. The highest BCUT2D eigenvalue weighted by Gasteiger charge is 2.21. The summed E-state index contributed by atoms with van der Waals surface area (Å²) < 4.78 is 0. The molecule has 1 fully saturated rings. The van der Waals surface area contributed by atoms with Crippen LogP contribution in [0.3, 0.4) is 0 Å². The molecule has 0 saturated carbocycles. The predicted molar refractivity (Wildman–Crippen MR) is 56.2 cm³/mol. The normalized spacial score (nSPS) is 21.6. The van der Waals surface area contributed by atoms with E-state index in [1.54, 1.807) is 6.20 Å². The molecule has 1 aliphatic rings. The van der Waals surface area contributed by atoms with E-state index in [9.17, 15) is 5.11 Å². The van der Waals surface area contributed by atoms with E-state index in [1.165, 1.54) is 0 Å². The van der Waals surface area contributed by atoms with Gasteiger partial charge in [0.15, 0.2) is 0 Å². The maximum absolute atomic E-state index is 9.39. The van der Waals surface area contributed by atoms with E-state index in [1.807, 2.05) is 13.0 Å². The van der Waals surface area contributed by atoms with Crippen LogP contribution < -0.4 is 10.6 Å². The van der Waals surface area contributed by atoms with Crippen molar-refractivity contribution in [3.63, 3.8) is 0 Å². The number of hydrogen-bond acceptors (Lipinski definition) is 4. The van der Waals surface area contributed by atoms with Gasteiger partial charge in [0.1, 0.15) is 5.82 Å². The minimum atomic E-state index is -0.213. The van der Waals surface area contributed by atoms with Crippen molar-refractivity contribution in [3.05, 3.63) is 17.8 Å². The summed E-state index contributed by atoms with van der Waals surface area (Å²) in [5.74, 6) is 0.910. The summed E-state index contributed by atoms with van der Waals surface area (Å²) in [7, 11) is 0. The van der Waals surface area contributed by atoms with Crippen molar-refractivity contribution in [2.24, 2.45) is 0 Å². The van der Waals surface area contributed by atoms with Crippen molar-refractivity contribution in [1.29, 1.82) is 0 Å². The second-order valence-electron chi connectivity index (χ2n) is 3.79. The van der Waals surface area contributed by atoms with Gasteiger partial charge < -0.3 is 15.7 Å². The van der Waals surface area contributed by atoms with Crippen LogP contribution in [0.5, 0.6) is 0 Å². The van der Waals surface area contributed by atoms with Gasteiger partial charge in [-0.05, 0) is 25.0 Å².